The van der Waals surface area contributed by atoms with Crippen LogP contribution in [0.4, 0.5) is 18.9 Å². The van der Waals surface area contributed by atoms with Crippen LogP contribution in [0.1, 0.15) is 25.7 Å². The Balaban J connectivity index is 2.17. The third-order valence-electron chi connectivity index (χ3n) is 3.66. The molecule has 1 aliphatic carbocycles. The van der Waals surface area contributed by atoms with Crippen molar-refractivity contribution < 1.29 is 13.2 Å². The smallest absolute Gasteiger partial charge is 0.367 e. The molecule has 0 aromatic heterocycles. The average Bonchev–Trinajstić information content (AvgIpc) is 2.41. The Bertz CT molecular complexity index is 507. The first-order valence-electron chi connectivity index (χ1n) is 6.36. The molecule has 2 unspecified atom stereocenters. The average molecular weight is 347 g/mol. The summed E-state index contributed by atoms with van der Waals surface area (Å²) >= 11 is 3.30. The van der Waals surface area contributed by atoms with Crippen LogP contribution < -0.4 is 5.32 Å². The molecule has 0 amide bonds. The number of rotatable bonds is 2. The van der Waals surface area contributed by atoms with Crippen molar-refractivity contribution in [3.8, 4) is 6.07 Å². The van der Waals surface area contributed by atoms with E-state index in [-0.39, 0.29) is 12.8 Å². The molecule has 0 aliphatic heterocycles. The number of hydrogen-bond donors (Lipinski definition) is 1. The third-order valence-corrected chi connectivity index (χ3v) is 4.18. The number of anilines is 1. The van der Waals surface area contributed by atoms with Gasteiger partial charge in [-0.05, 0) is 49.9 Å². The van der Waals surface area contributed by atoms with Gasteiger partial charge in [-0.25, -0.2) is 0 Å². The van der Waals surface area contributed by atoms with Gasteiger partial charge in [-0.1, -0.05) is 15.9 Å². The van der Waals surface area contributed by atoms with Crippen molar-refractivity contribution >= 4 is 21.6 Å². The standard InChI is InChI=1S/C14H14BrF3N2/c15-11-3-5-12(6-4-11)20-13(9-19)7-1-2-10(8-13)14(16,17)18/h3-6,10,20H,1-2,7-8H2. The van der Waals surface area contributed by atoms with Crippen LogP contribution in [0.3, 0.4) is 0 Å². The molecule has 1 fully saturated rings. The molecule has 2 rings (SSSR count). The zero-order valence-corrected chi connectivity index (χ0v) is 12.3. The summed E-state index contributed by atoms with van der Waals surface area (Å²) in [6.07, 6.45) is -3.48. The molecule has 0 bridgehead atoms. The molecule has 6 heteroatoms. The van der Waals surface area contributed by atoms with Gasteiger partial charge >= 0.3 is 6.18 Å². The number of benzene rings is 1. The second-order valence-corrected chi connectivity index (χ2v) is 6.08. The molecular weight excluding hydrogens is 333 g/mol. The summed E-state index contributed by atoms with van der Waals surface area (Å²) in [6.45, 7) is 0. The van der Waals surface area contributed by atoms with Gasteiger partial charge in [0.1, 0.15) is 5.54 Å². The predicted octanol–water partition coefficient (Wildman–Crippen LogP) is 4.88. The molecule has 1 aromatic rings. The highest BCUT2D eigenvalue weighted by Gasteiger charge is 2.48. The normalized spacial score (nSPS) is 26.9. The predicted molar refractivity (Wildman–Crippen MR) is 74.1 cm³/mol. The van der Waals surface area contributed by atoms with Gasteiger partial charge in [0.05, 0.1) is 12.0 Å². The minimum atomic E-state index is -4.23. The largest absolute Gasteiger partial charge is 0.391 e. The summed E-state index contributed by atoms with van der Waals surface area (Å²) in [5.41, 5.74) is -0.468. The van der Waals surface area contributed by atoms with Crippen molar-refractivity contribution in [2.75, 3.05) is 5.32 Å². The van der Waals surface area contributed by atoms with Crippen LogP contribution in [0, 0.1) is 17.2 Å². The van der Waals surface area contributed by atoms with Gasteiger partial charge in [0.15, 0.2) is 0 Å². The van der Waals surface area contributed by atoms with Crippen molar-refractivity contribution in [1.29, 1.82) is 5.26 Å². The molecular formula is C14H14BrF3N2. The Morgan fingerprint density at radius 3 is 2.50 bits per heavy atom. The summed E-state index contributed by atoms with van der Waals surface area (Å²) in [4.78, 5) is 0. The first kappa shape index (κ1) is 15.2. The molecule has 0 radical (unpaired) electrons. The fourth-order valence-electron chi connectivity index (χ4n) is 2.61. The maximum Gasteiger partial charge on any atom is 0.391 e. The lowest BCUT2D eigenvalue weighted by Gasteiger charge is -2.37. The molecule has 1 N–H and O–H groups in total. The Morgan fingerprint density at radius 1 is 1.30 bits per heavy atom. The zero-order valence-electron chi connectivity index (χ0n) is 10.7. The van der Waals surface area contributed by atoms with E-state index >= 15 is 0 Å². The fourth-order valence-corrected chi connectivity index (χ4v) is 2.87. The molecule has 0 spiro atoms. The Morgan fingerprint density at radius 2 is 1.95 bits per heavy atom. The quantitative estimate of drug-likeness (QED) is 0.828. The van der Waals surface area contributed by atoms with Gasteiger partial charge in [0, 0.05) is 10.2 Å². The number of halogens is 4. The van der Waals surface area contributed by atoms with Crippen LogP contribution in [0.25, 0.3) is 0 Å². The summed E-state index contributed by atoms with van der Waals surface area (Å²) < 4.78 is 39.5. The van der Waals surface area contributed by atoms with Crippen LogP contribution in [0.2, 0.25) is 0 Å². The van der Waals surface area contributed by atoms with Crippen LogP contribution in [0.5, 0.6) is 0 Å². The number of nitriles is 1. The molecule has 0 heterocycles. The van der Waals surface area contributed by atoms with Crippen LogP contribution >= 0.6 is 15.9 Å². The van der Waals surface area contributed by atoms with Crippen molar-refractivity contribution in [2.24, 2.45) is 5.92 Å². The minimum Gasteiger partial charge on any atom is -0.367 e. The summed E-state index contributed by atoms with van der Waals surface area (Å²) in [5.74, 6) is -1.40. The summed E-state index contributed by atoms with van der Waals surface area (Å²) in [5, 5.41) is 12.3. The van der Waals surface area contributed by atoms with Crippen molar-refractivity contribution in [3.63, 3.8) is 0 Å². The lowest BCUT2D eigenvalue weighted by molar-refractivity contribution is -0.184. The monoisotopic (exact) mass is 346 g/mol. The lowest BCUT2D eigenvalue weighted by atomic mass is 9.76. The highest BCUT2D eigenvalue weighted by Crippen LogP contribution is 2.42. The molecule has 0 saturated heterocycles. The SMILES string of the molecule is N#CC1(Nc2ccc(Br)cc2)CCCC(C(F)(F)F)C1. The van der Waals surface area contributed by atoms with E-state index in [1.165, 1.54) is 0 Å². The molecule has 2 atom stereocenters. The zero-order chi connectivity index (χ0) is 14.8. The van der Waals surface area contributed by atoms with Crippen LogP contribution in [-0.2, 0) is 0 Å². The van der Waals surface area contributed by atoms with Gasteiger partial charge in [0.2, 0.25) is 0 Å². The van der Waals surface area contributed by atoms with E-state index < -0.39 is 17.6 Å². The molecule has 1 aromatic carbocycles. The van der Waals surface area contributed by atoms with Gasteiger partial charge < -0.3 is 5.32 Å². The number of nitrogens with zero attached hydrogens (tertiary/aromatic N) is 1. The number of hydrogen-bond acceptors (Lipinski definition) is 2. The maximum atomic E-state index is 12.9. The minimum absolute atomic E-state index is 0.106. The Hall–Kier alpha value is -1.22. The number of nitrogens with one attached hydrogen (secondary N) is 1. The highest BCUT2D eigenvalue weighted by atomic mass is 79.9. The first-order chi connectivity index (χ1) is 9.35. The molecule has 20 heavy (non-hydrogen) atoms. The second-order valence-electron chi connectivity index (χ2n) is 5.16. The van der Waals surface area contributed by atoms with E-state index in [2.05, 4.69) is 27.3 Å². The maximum absolute atomic E-state index is 12.9. The first-order valence-corrected chi connectivity index (χ1v) is 7.16. The van der Waals surface area contributed by atoms with E-state index in [1.807, 2.05) is 0 Å². The van der Waals surface area contributed by atoms with Crippen LogP contribution in [0.15, 0.2) is 28.7 Å². The fraction of sp³-hybridized carbons (Fsp3) is 0.500. The third kappa shape index (κ3) is 3.45. The van der Waals surface area contributed by atoms with Gasteiger partial charge in [-0.15, -0.1) is 0 Å². The van der Waals surface area contributed by atoms with E-state index in [4.69, 9.17) is 0 Å². The Kier molecular flexibility index (Phi) is 4.28. The van der Waals surface area contributed by atoms with E-state index in [0.717, 1.165) is 4.47 Å². The van der Waals surface area contributed by atoms with Crippen LogP contribution in [-0.4, -0.2) is 11.7 Å². The van der Waals surface area contributed by atoms with E-state index in [9.17, 15) is 18.4 Å². The highest BCUT2D eigenvalue weighted by molar-refractivity contribution is 9.10. The molecule has 108 valence electrons. The molecule has 1 aliphatic rings. The van der Waals surface area contributed by atoms with Crippen molar-refractivity contribution in [2.45, 2.75) is 37.4 Å². The van der Waals surface area contributed by atoms with Crippen molar-refractivity contribution in [1.82, 2.24) is 0 Å². The Labute approximate surface area is 124 Å². The molecule has 2 nitrogen and oxygen atoms in total. The second kappa shape index (κ2) is 5.65. The molecule has 1 saturated carbocycles. The van der Waals surface area contributed by atoms with Gasteiger partial charge in [0.25, 0.3) is 0 Å². The van der Waals surface area contributed by atoms with E-state index in [1.54, 1.807) is 24.3 Å². The number of alkyl halides is 3. The topological polar surface area (TPSA) is 35.8 Å². The van der Waals surface area contributed by atoms with Gasteiger partial charge in [-0.2, -0.15) is 18.4 Å². The van der Waals surface area contributed by atoms with Crippen molar-refractivity contribution in [3.05, 3.63) is 28.7 Å². The summed E-state index contributed by atoms with van der Waals surface area (Å²) in [6, 6.07) is 9.14. The lowest BCUT2D eigenvalue weighted by Crippen LogP contribution is -2.45. The van der Waals surface area contributed by atoms with E-state index in [0.29, 0.717) is 18.5 Å². The summed E-state index contributed by atoms with van der Waals surface area (Å²) in [7, 11) is 0. The van der Waals surface area contributed by atoms with Gasteiger partial charge in [-0.3, -0.25) is 0 Å².